The Morgan fingerprint density at radius 2 is 1.96 bits per heavy atom. The molecule has 0 aliphatic carbocycles. The van der Waals surface area contributed by atoms with Crippen LogP contribution in [0.4, 0.5) is 4.39 Å². The van der Waals surface area contributed by atoms with E-state index in [1.165, 1.54) is 6.07 Å². The fourth-order valence-corrected chi connectivity index (χ4v) is 2.43. The third-order valence-corrected chi connectivity index (χ3v) is 3.77. The van der Waals surface area contributed by atoms with E-state index in [4.69, 9.17) is 11.6 Å². The van der Waals surface area contributed by atoms with Crippen molar-refractivity contribution in [3.8, 4) is 0 Å². The Bertz CT molecular complexity index is 656. The summed E-state index contributed by atoms with van der Waals surface area (Å²) >= 11 is 5.99. The predicted octanol–water partition coefficient (Wildman–Crippen LogP) is 3.91. The average Bonchev–Trinajstić information content (AvgIpc) is 2.55. The van der Waals surface area contributed by atoms with E-state index in [2.05, 4.69) is 10.6 Å². The van der Waals surface area contributed by atoms with E-state index in [1.807, 2.05) is 25.1 Å². The van der Waals surface area contributed by atoms with Crippen LogP contribution in [0, 0.1) is 5.82 Å². The molecular weight excluding hydrogens is 315 g/mol. The lowest BCUT2D eigenvalue weighted by molar-refractivity contribution is 0.0953. The number of carbonyl (C=O) groups excluding carboxylic acids is 1. The van der Waals surface area contributed by atoms with Gasteiger partial charge in [0, 0.05) is 35.8 Å². The molecule has 2 aromatic carbocycles. The van der Waals surface area contributed by atoms with Crippen LogP contribution < -0.4 is 10.6 Å². The fraction of sp³-hybridized carbons (Fsp3) is 0.278. The highest BCUT2D eigenvalue weighted by Crippen LogP contribution is 2.18. The van der Waals surface area contributed by atoms with Crippen LogP contribution in [0.3, 0.4) is 0 Å². The van der Waals surface area contributed by atoms with Crippen LogP contribution in [-0.2, 0) is 13.1 Å². The third kappa shape index (κ3) is 5.05. The topological polar surface area (TPSA) is 41.1 Å². The molecule has 122 valence electrons. The first-order valence-corrected chi connectivity index (χ1v) is 8.00. The molecule has 23 heavy (non-hydrogen) atoms. The van der Waals surface area contributed by atoms with Crippen LogP contribution in [0.1, 0.15) is 34.8 Å². The number of hydrogen-bond donors (Lipinski definition) is 2. The summed E-state index contributed by atoms with van der Waals surface area (Å²) in [5, 5.41) is 6.41. The first-order valence-electron chi connectivity index (χ1n) is 7.62. The van der Waals surface area contributed by atoms with Gasteiger partial charge in [-0.25, -0.2) is 4.39 Å². The Labute approximate surface area is 140 Å². The van der Waals surface area contributed by atoms with E-state index in [1.54, 1.807) is 18.2 Å². The zero-order chi connectivity index (χ0) is 16.7. The lowest BCUT2D eigenvalue weighted by Gasteiger charge is -2.09. The Morgan fingerprint density at radius 3 is 2.70 bits per heavy atom. The van der Waals surface area contributed by atoms with E-state index >= 15 is 0 Å². The van der Waals surface area contributed by atoms with Crippen LogP contribution in [0.5, 0.6) is 0 Å². The van der Waals surface area contributed by atoms with Crippen molar-refractivity contribution in [2.75, 3.05) is 6.54 Å². The second-order valence-electron chi connectivity index (χ2n) is 5.26. The van der Waals surface area contributed by atoms with Gasteiger partial charge in [0.05, 0.1) is 0 Å². The van der Waals surface area contributed by atoms with Gasteiger partial charge >= 0.3 is 0 Å². The summed E-state index contributed by atoms with van der Waals surface area (Å²) in [4.78, 5) is 11.9. The predicted molar refractivity (Wildman–Crippen MR) is 91.0 cm³/mol. The van der Waals surface area contributed by atoms with E-state index in [0.717, 1.165) is 12.0 Å². The van der Waals surface area contributed by atoms with Crippen molar-refractivity contribution in [1.82, 2.24) is 10.6 Å². The monoisotopic (exact) mass is 334 g/mol. The van der Waals surface area contributed by atoms with Crippen LogP contribution in [0.25, 0.3) is 0 Å². The summed E-state index contributed by atoms with van der Waals surface area (Å²) in [6.45, 7) is 3.53. The Balaban J connectivity index is 1.95. The zero-order valence-corrected chi connectivity index (χ0v) is 13.8. The molecule has 2 N–H and O–H groups in total. The number of amides is 1. The minimum absolute atomic E-state index is 0.0779. The summed E-state index contributed by atoms with van der Waals surface area (Å²) in [6.07, 6.45) is 0.899. The maximum atomic E-state index is 13.7. The molecule has 0 spiro atoms. The van der Waals surface area contributed by atoms with Gasteiger partial charge in [0.25, 0.3) is 5.91 Å². The molecule has 0 aliphatic heterocycles. The summed E-state index contributed by atoms with van der Waals surface area (Å²) < 4.78 is 13.7. The van der Waals surface area contributed by atoms with Crippen LogP contribution >= 0.6 is 11.6 Å². The van der Waals surface area contributed by atoms with Crippen molar-refractivity contribution in [2.45, 2.75) is 26.4 Å². The van der Waals surface area contributed by atoms with Gasteiger partial charge in [-0.15, -0.1) is 0 Å². The van der Waals surface area contributed by atoms with E-state index < -0.39 is 0 Å². The molecule has 0 atom stereocenters. The number of halogens is 2. The highest BCUT2D eigenvalue weighted by atomic mass is 35.5. The van der Waals surface area contributed by atoms with Gasteiger partial charge in [0.15, 0.2) is 0 Å². The summed E-state index contributed by atoms with van der Waals surface area (Å²) in [5.41, 5.74) is 2.04. The smallest absolute Gasteiger partial charge is 0.251 e. The molecule has 2 rings (SSSR count). The maximum absolute atomic E-state index is 13.7. The van der Waals surface area contributed by atoms with Crippen molar-refractivity contribution in [2.24, 2.45) is 0 Å². The van der Waals surface area contributed by atoms with Gasteiger partial charge in [0.1, 0.15) is 5.82 Å². The van der Waals surface area contributed by atoms with Gasteiger partial charge in [-0.05, 0) is 36.2 Å². The van der Waals surface area contributed by atoms with Gasteiger partial charge < -0.3 is 10.6 Å². The van der Waals surface area contributed by atoms with Crippen LogP contribution in [-0.4, -0.2) is 12.5 Å². The number of hydrogen-bond acceptors (Lipinski definition) is 2. The van der Waals surface area contributed by atoms with Gasteiger partial charge in [-0.1, -0.05) is 36.7 Å². The number of carbonyl (C=O) groups is 1. The molecule has 2 aromatic rings. The molecule has 3 nitrogen and oxygen atoms in total. The van der Waals surface area contributed by atoms with Gasteiger partial charge in [-0.3, -0.25) is 4.79 Å². The molecule has 0 heterocycles. The second kappa shape index (κ2) is 8.65. The van der Waals surface area contributed by atoms with Crippen LogP contribution in [0.15, 0.2) is 42.5 Å². The standard InChI is InChI=1S/C18H20ClFN2O/c1-2-9-22-18(23)14-6-3-5-13(10-14)11-21-12-15-16(19)7-4-8-17(15)20/h3-8,10,21H,2,9,11-12H2,1H3,(H,22,23). The second-order valence-corrected chi connectivity index (χ2v) is 5.67. The highest BCUT2D eigenvalue weighted by Gasteiger charge is 2.07. The highest BCUT2D eigenvalue weighted by molar-refractivity contribution is 6.31. The van der Waals surface area contributed by atoms with E-state index in [0.29, 0.717) is 35.8 Å². The van der Waals surface area contributed by atoms with Crippen LogP contribution in [0.2, 0.25) is 5.02 Å². The van der Waals surface area contributed by atoms with Crippen molar-refractivity contribution in [3.05, 3.63) is 70.0 Å². The first-order chi connectivity index (χ1) is 11.1. The molecule has 0 saturated carbocycles. The largest absolute Gasteiger partial charge is 0.352 e. The Kier molecular flexibility index (Phi) is 6.56. The summed E-state index contributed by atoms with van der Waals surface area (Å²) in [7, 11) is 0. The number of benzene rings is 2. The third-order valence-electron chi connectivity index (χ3n) is 3.42. The molecular formula is C18H20ClFN2O. The zero-order valence-electron chi connectivity index (χ0n) is 13.0. The Morgan fingerprint density at radius 1 is 1.17 bits per heavy atom. The molecule has 0 radical (unpaired) electrons. The van der Waals surface area contributed by atoms with Crippen molar-refractivity contribution in [3.63, 3.8) is 0 Å². The molecule has 0 fully saturated rings. The molecule has 0 unspecified atom stereocenters. The number of rotatable bonds is 7. The molecule has 1 amide bonds. The SMILES string of the molecule is CCCNC(=O)c1cccc(CNCc2c(F)cccc2Cl)c1. The summed E-state index contributed by atoms with van der Waals surface area (Å²) in [6, 6.07) is 12.0. The van der Waals surface area contributed by atoms with Crippen molar-refractivity contribution >= 4 is 17.5 Å². The number of nitrogens with one attached hydrogen (secondary N) is 2. The molecule has 0 bridgehead atoms. The quantitative estimate of drug-likeness (QED) is 0.806. The lowest BCUT2D eigenvalue weighted by atomic mass is 10.1. The fourth-order valence-electron chi connectivity index (χ4n) is 2.20. The maximum Gasteiger partial charge on any atom is 0.251 e. The van der Waals surface area contributed by atoms with Gasteiger partial charge in [-0.2, -0.15) is 0 Å². The first kappa shape index (κ1) is 17.4. The molecule has 5 heteroatoms. The molecule has 0 aliphatic rings. The normalized spacial score (nSPS) is 10.6. The molecule has 0 aromatic heterocycles. The van der Waals surface area contributed by atoms with Gasteiger partial charge in [0.2, 0.25) is 0 Å². The summed E-state index contributed by atoms with van der Waals surface area (Å²) in [5.74, 6) is -0.399. The van der Waals surface area contributed by atoms with Crippen molar-refractivity contribution in [1.29, 1.82) is 0 Å². The van der Waals surface area contributed by atoms with E-state index in [9.17, 15) is 9.18 Å². The lowest BCUT2D eigenvalue weighted by Crippen LogP contribution is -2.24. The van der Waals surface area contributed by atoms with Crippen molar-refractivity contribution < 1.29 is 9.18 Å². The van der Waals surface area contributed by atoms with E-state index in [-0.39, 0.29) is 11.7 Å². The minimum atomic E-state index is -0.322. The molecule has 0 saturated heterocycles. The Hall–Kier alpha value is -1.91. The average molecular weight is 335 g/mol. The minimum Gasteiger partial charge on any atom is -0.352 e.